The van der Waals surface area contributed by atoms with Crippen molar-refractivity contribution in [3.63, 3.8) is 0 Å². The third kappa shape index (κ3) is 3.58. The van der Waals surface area contributed by atoms with E-state index in [4.69, 9.17) is 16.3 Å². The lowest BCUT2D eigenvalue weighted by Gasteiger charge is -2.15. The first-order valence-electron chi connectivity index (χ1n) is 7.21. The molecule has 0 spiro atoms. The standard InChI is InChI=1S/C18H22ClNO/c1-5-20-11-14-10-15(21-4)6-7-16(14)17-8-13(3)18(19)9-12(17)2/h6-10,20H,5,11H2,1-4H3. The second-order valence-electron chi connectivity index (χ2n) is 5.22. The zero-order chi connectivity index (χ0) is 15.4. The quantitative estimate of drug-likeness (QED) is 0.861. The average Bonchev–Trinajstić information content (AvgIpc) is 2.48. The number of rotatable bonds is 5. The van der Waals surface area contributed by atoms with Gasteiger partial charge in [-0.1, -0.05) is 24.6 Å². The van der Waals surface area contributed by atoms with Crippen LogP contribution < -0.4 is 10.1 Å². The maximum Gasteiger partial charge on any atom is 0.119 e. The summed E-state index contributed by atoms with van der Waals surface area (Å²) in [4.78, 5) is 0. The first-order valence-corrected chi connectivity index (χ1v) is 7.59. The number of nitrogens with one attached hydrogen (secondary N) is 1. The molecule has 0 aliphatic heterocycles. The van der Waals surface area contributed by atoms with E-state index in [1.54, 1.807) is 7.11 Å². The SMILES string of the molecule is CCNCc1cc(OC)ccc1-c1cc(C)c(Cl)cc1C. The third-order valence-electron chi connectivity index (χ3n) is 3.67. The summed E-state index contributed by atoms with van der Waals surface area (Å²) in [6, 6.07) is 10.4. The molecule has 0 bridgehead atoms. The van der Waals surface area contributed by atoms with Crippen LogP contribution in [0.2, 0.25) is 5.02 Å². The van der Waals surface area contributed by atoms with Crippen molar-refractivity contribution in [2.75, 3.05) is 13.7 Å². The maximum atomic E-state index is 6.21. The minimum atomic E-state index is 0.818. The van der Waals surface area contributed by atoms with Crippen LogP contribution in [0, 0.1) is 13.8 Å². The van der Waals surface area contributed by atoms with Crippen LogP contribution in [0.15, 0.2) is 30.3 Å². The van der Waals surface area contributed by atoms with E-state index >= 15 is 0 Å². The van der Waals surface area contributed by atoms with Gasteiger partial charge in [0.1, 0.15) is 5.75 Å². The van der Waals surface area contributed by atoms with Gasteiger partial charge >= 0.3 is 0 Å². The van der Waals surface area contributed by atoms with Gasteiger partial charge in [-0.25, -0.2) is 0 Å². The van der Waals surface area contributed by atoms with Gasteiger partial charge in [-0.3, -0.25) is 0 Å². The highest BCUT2D eigenvalue weighted by Crippen LogP contribution is 2.32. The fraction of sp³-hybridized carbons (Fsp3) is 0.333. The highest BCUT2D eigenvalue weighted by atomic mass is 35.5. The summed E-state index contributed by atoms with van der Waals surface area (Å²) >= 11 is 6.21. The van der Waals surface area contributed by atoms with Crippen molar-refractivity contribution in [1.82, 2.24) is 5.32 Å². The first-order chi connectivity index (χ1) is 10.1. The lowest BCUT2D eigenvalue weighted by Crippen LogP contribution is -2.12. The van der Waals surface area contributed by atoms with Gasteiger partial charge in [0.25, 0.3) is 0 Å². The van der Waals surface area contributed by atoms with Crippen molar-refractivity contribution in [2.24, 2.45) is 0 Å². The van der Waals surface area contributed by atoms with Crippen molar-refractivity contribution < 1.29 is 4.74 Å². The lowest BCUT2D eigenvalue weighted by molar-refractivity contribution is 0.414. The van der Waals surface area contributed by atoms with Crippen molar-refractivity contribution in [1.29, 1.82) is 0 Å². The summed E-state index contributed by atoms with van der Waals surface area (Å²) in [5.74, 6) is 0.884. The van der Waals surface area contributed by atoms with Gasteiger partial charge in [0.15, 0.2) is 0 Å². The predicted molar refractivity (Wildman–Crippen MR) is 90.3 cm³/mol. The Morgan fingerprint density at radius 2 is 1.81 bits per heavy atom. The van der Waals surface area contributed by atoms with Crippen LogP contribution >= 0.6 is 11.6 Å². The number of methoxy groups -OCH3 is 1. The number of hydrogen-bond acceptors (Lipinski definition) is 2. The second kappa shape index (κ2) is 6.97. The molecule has 0 aliphatic carbocycles. The molecule has 21 heavy (non-hydrogen) atoms. The molecule has 2 aromatic carbocycles. The van der Waals surface area contributed by atoms with Crippen molar-refractivity contribution >= 4 is 11.6 Å². The molecular formula is C18H22ClNO. The molecule has 2 aromatic rings. The van der Waals surface area contributed by atoms with E-state index < -0.39 is 0 Å². The highest BCUT2D eigenvalue weighted by Gasteiger charge is 2.11. The summed E-state index contributed by atoms with van der Waals surface area (Å²) in [6.07, 6.45) is 0. The van der Waals surface area contributed by atoms with Crippen LogP contribution in [0.1, 0.15) is 23.6 Å². The Bertz CT molecular complexity index is 637. The van der Waals surface area contributed by atoms with Gasteiger partial charge in [-0.05, 0) is 72.5 Å². The topological polar surface area (TPSA) is 21.3 Å². The molecule has 0 heterocycles. The third-order valence-corrected chi connectivity index (χ3v) is 4.08. The minimum absolute atomic E-state index is 0.818. The normalized spacial score (nSPS) is 10.7. The van der Waals surface area contributed by atoms with Crippen LogP contribution in [-0.2, 0) is 6.54 Å². The molecule has 0 radical (unpaired) electrons. The molecule has 0 aliphatic rings. The fourth-order valence-corrected chi connectivity index (χ4v) is 2.66. The molecule has 0 saturated heterocycles. The largest absolute Gasteiger partial charge is 0.497 e. The fourth-order valence-electron chi connectivity index (χ4n) is 2.44. The molecule has 0 fully saturated rings. The molecule has 0 amide bonds. The Morgan fingerprint density at radius 3 is 2.48 bits per heavy atom. The molecule has 2 nitrogen and oxygen atoms in total. The van der Waals surface area contributed by atoms with Crippen LogP contribution in [0.25, 0.3) is 11.1 Å². The zero-order valence-corrected chi connectivity index (χ0v) is 13.8. The maximum absolute atomic E-state index is 6.21. The number of aryl methyl sites for hydroxylation is 2. The lowest BCUT2D eigenvalue weighted by atomic mass is 9.94. The number of hydrogen-bond donors (Lipinski definition) is 1. The molecule has 1 N–H and O–H groups in total. The van der Waals surface area contributed by atoms with Gasteiger partial charge in [-0.15, -0.1) is 0 Å². The number of benzene rings is 2. The molecule has 112 valence electrons. The smallest absolute Gasteiger partial charge is 0.119 e. The molecule has 0 unspecified atom stereocenters. The predicted octanol–water partition coefficient (Wildman–Crippen LogP) is 4.74. The van der Waals surface area contributed by atoms with Gasteiger partial charge in [0.2, 0.25) is 0 Å². The van der Waals surface area contributed by atoms with Crippen LogP contribution in [0.3, 0.4) is 0 Å². The Kier molecular flexibility index (Phi) is 5.27. The number of halogens is 1. The van der Waals surface area contributed by atoms with Gasteiger partial charge < -0.3 is 10.1 Å². The second-order valence-corrected chi connectivity index (χ2v) is 5.63. The average molecular weight is 304 g/mol. The monoisotopic (exact) mass is 303 g/mol. The Balaban J connectivity index is 2.54. The van der Waals surface area contributed by atoms with E-state index in [9.17, 15) is 0 Å². The van der Waals surface area contributed by atoms with E-state index in [-0.39, 0.29) is 0 Å². The van der Waals surface area contributed by atoms with Crippen molar-refractivity contribution in [2.45, 2.75) is 27.3 Å². The molecule has 2 rings (SSSR count). The first kappa shape index (κ1) is 15.9. The van der Waals surface area contributed by atoms with E-state index in [1.165, 1.54) is 22.3 Å². The van der Waals surface area contributed by atoms with Gasteiger partial charge in [0.05, 0.1) is 7.11 Å². The Morgan fingerprint density at radius 1 is 1.05 bits per heavy atom. The highest BCUT2D eigenvalue weighted by molar-refractivity contribution is 6.31. The summed E-state index contributed by atoms with van der Waals surface area (Å²) in [7, 11) is 1.70. The minimum Gasteiger partial charge on any atom is -0.497 e. The van der Waals surface area contributed by atoms with Crippen LogP contribution in [-0.4, -0.2) is 13.7 Å². The van der Waals surface area contributed by atoms with E-state index in [2.05, 4.69) is 37.4 Å². The van der Waals surface area contributed by atoms with E-state index in [0.717, 1.165) is 29.4 Å². The zero-order valence-electron chi connectivity index (χ0n) is 13.1. The van der Waals surface area contributed by atoms with Gasteiger partial charge in [0, 0.05) is 11.6 Å². The summed E-state index contributed by atoms with van der Waals surface area (Å²) in [5.41, 5.74) is 5.98. The van der Waals surface area contributed by atoms with E-state index in [0.29, 0.717) is 0 Å². The molecule has 3 heteroatoms. The van der Waals surface area contributed by atoms with Crippen molar-refractivity contribution in [3.8, 4) is 16.9 Å². The summed E-state index contributed by atoms with van der Waals surface area (Å²) in [5, 5.41) is 4.21. The summed E-state index contributed by atoms with van der Waals surface area (Å²) < 4.78 is 5.35. The van der Waals surface area contributed by atoms with Crippen LogP contribution in [0.4, 0.5) is 0 Å². The van der Waals surface area contributed by atoms with Crippen molar-refractivity contribution in [3.05, 3.63) is 52.0 Å². The van der Waals surface area contributed by atoms with Crippen LogP contribution in [0.5, 0.6) is 5.75 Å². The Labute approximate surface area is 132 Å². The van der Waals surface area contributed by atoms with Gasteiger partial charge in [-0.2, -0.15) is 0 Å². The molecule has 0 aromatic heterocycles. The molecular weight excluding hydrogens is 282 g/mol. The molecule has 0 atom stereocenters. The van der Waals surface area contributed by atoms with E-state index in [1.807, 2.05) is 19.1 Å². The Hall–Kier alpha value is -1.51. The summed E-state index contributed by atoms with van der Waals surface area (Å²) in [6.45, 7) is 8.01. The number of ether oxygens (including phenoxy) is 1. The molecule has 0 saturated carbocycles.